The van der Waals surface area contributed by atoms with E-state index in [1.807, 2.05) is 60.7 Å². The van der Waals surface area contributed by atoms with Gasteiger partial charge < -0.3 is 15.0 Å². The average Bonchev–Trinajstić information content (AvgIpc) is 2.92. The normalized spacial score (nSPS) is 13.6. The number of anilines is 1. The SMILES string of the molecule is CCc1ccccc1NC(=O)CN1CCN(C(=O)COc2ccc(-c3ccc(C#N)cc3)cc2)CC1. The first-order chi connectivity index (χ1) is 17.6. The van der Waals surface area contributed by atoms with Crippen LogP contribution in [0.4, 0.5) is 5.69 Å². The predicted molar refractivity (Wildman–Crippen MR) is 140 cm³/mol. The molecule has 1 heterocycles. The lowest BCUT2D eigenvalue weighted by Crippen LogP contribution is -2.51. The van der Waals surface area contributed by atoms with E-state index in [-0.39, 0.29) is 18.4 Å². The van der Waals surface area contributed by atoms with Gasteiger partial charge in [0, 0.05) is 31.9 Å². The van der Waals surface area contributed by atoms with Crippen LogP contribution >= 0.6 is 0 Å². The summed E-state index contributed by atoms with van der Waals surface area (Å²) in [6, 6.07) is 24.9. The Morgan fingerprint density at radius 2 is 1.56 bits per heavy atom. The minimum atomic E-state index is -0.0628. The van der Waals surface area contributed by atoms with E-state index in [1.54, 1.807) is 17.0 Å². The highest BCUT2D eigenvalue weighted by Gasteiger charge is 2.23. The van der Waals surface area contributed by atoms with Gasteiger partial charge in [0.15, 0.2) is 6.61 Å². The smallest absolute Gasteiger partial charge is 0.260 e. The molecule has 3 aromatic rings. The van der Waals surface area contributed by atoms with Crippen LogP contribution in [-0.4, -0.2) is 60.9 Å². The standard InChI is InChI=1S/C29H30N4O3/c1-2-23-5-3-4-6-27(23)31-28(34)20-32-15-17-33(18-16-32)29(35)21-36-26-13-11-25(12-14-26)24-9-7-22(19-30)8-10-24/h3-14H,2,15-18,20-21H2,1H3,(H,31,34). The number of hydrogen-bond donors (Lipinski definition) is 1. The number of carbonyl (C=O) groups excluding carboxylic acids is 2. The zero-order chi connectivity index (χ0) is 25.3. The fraction of sp³-hybridized carbons (Fsp3) is 0.276. The van der Waals surface area contributed by atoms with Gasteiger partial charge in [0.1, 0.15) is 5.75 Å². The van der Waals surface area contributed by atoms with E-state index >= 15 is 0 Å². The highest BCUT2D eigenvalue weighted by molar-refractivity contribution is 5.93. The summed E-state index contributed by atoms with van der Waals surface area (Å²) in [7, 11) is 0. The summed E-state index contributed by atoms with van der Waals surface area (Å²) in [6.07, 6.45) is 0.862. The summed E-state index contributed by atoms with van der Waals surface area (Å²) >= 11 is 0. The van der Waals surface area contributed by atoms with Gasteiger partial charge in [-0.1, -0.05) is 49.4 Å². The Kier molecular flexibility index (Phi) is 8.32. The van der Waals surface area contributed by atoms with Gasteiger partial charge in [0.25, 0.3) is 5.91 Å². The van der Waals surface area contributed by atoms with Gasteiger partial charge in [-0.25, -0.2) is 0 Å². The molecule has 0 atom stereocenters. The van der Waals surface area contributed by atoms with E-state index in [9.17, 15) is 9.59 Å². The van der Waals surface area contributed by atoms with Gasteiger partial charge in [0.05, 0.1) is 18.2 Å². The van der Waals surface area contributed by atoms with Crippen LogP contribution in [0, 0.1) is 11.3 Å². The molecule has 7 heteroatoms. The second-order valence-corrected chi connectivity index (χ2v) is 8.72. The number of benzene rings is 3. The predicted octanol–water partition coefficient (Wildman–Crippen LogP) is 3.95. The van der Waals surface area contributed by atoms with Crippen LogP contribution < -0.4 is 10.1 Å². The van der Waals surface area contributed by atoms with Gasteiger partial charge in [-0.2, -0.15) is 5.26 Å². The van der Waals surface area contributed by atoms with Crippen LogP contribution in [0.3, 0.4) is 0 Å². The molecule has 3 aromatic carbocycles. The number of carbonyl (C=O) groups is 2. The molecule has 1 saturated heterocycles. The number of aryl methyl sites for hydroxylation is 1. The van der Waals surface area contributed by atoms with Gasteiger partial charge in [-0.15, -0.1) is 0 Å². The third-order valence-corrected chi connectivity index (χ3v) is 6.33. The molecule has 0 bridgehead atoms. The first-order valence-corrected chi connectivity index (χ1v) is 12.2. The molecule has 7 nitrogen and oxygen atoms in total. The highest BCUT2D eigenvalue weighted by Crippen LogP contribution is 2.23. The van der Waals surface area contributed by atoms with E-state index in [1.165, 1.54) is 0 Å². The lowest BCUT2D eigenvalue weighted by molar-refractivity contribution is -0.135. The molecule has 0 aliphatic carbocycles. The topological polar surface area (TPSA) is 85.7 Å². The van der Waals surface area contributed by atoms with Crippen molar-refractivity contribution in [3.63, 3.8) is 0 Å². The van der Waals surface area contributed by atoms with Crippen LogP contribution in [0.1, 0.15) is 18.1 Å². The van der Waals surface area contributed by atoms with E-state index in [2.05, 4.69) is 23.2 Å². The minimum Gasteiger partial charge on any atom is -0.484 e. The Morgan fingerprint density at radius 3 is 2.19 bits per heavy atom. The number of para-hydroxylation sites is 1. The average molecular weight is 483 g/mol. The van der Waals surface area contributed by atoms with Crippen molar-refractivity contribution in [3.05, 3.63) is 83.9 Å². The Balaban J connectivity index is 1.20. The van der Waals surface area contributed by atoms with Gasteiger partial charge in [-0.05, 0) is 53.4 Å². The quantitative estimate of drug-likeness (QED) is 0.526. The summed E-state index contributed by atoms with van der Waals surface area (Å²) in [4.78, 5) is 29.0. The first-order valence-electron chi connectivity index (χ1n) is 12.2. The summed E-state index contributed by atoms with van der Waals surface area (Å²) in [6.45, 7) is 4.78. The van der Waals surface area contributed by atoms with Crippen molar-refractivity contribution in [2.75, 3.05) is 44.6 Å². The molecule has 0 aromatic heterocycles. The Labute approximate surface area is 211 Å². The second-order valence-electron chi connectivity index (χ2n) is 8.72. The largest absolute Gasteiger partial charge is 0.484 e. The van der Waals surface area contributed by atoms with E-state index in [4.69, 9.17) is 10.00 Å². The van der Waals surface area contributed by atoms with Crippen LogP contribution in [-0.2, 0) is 16.0 Å². The van der Waals surface area contributed by atoms with Gasteiger partial charge >= 0.3 is 0 Å². The number of rotatable bonds is 8. The number of nitrogens with one attached hydrogen (secondary N) is 1. The molecule has 0 saturated carbocycles. The summed E-state index contributed by atoms with van der Waals surface area (Å²) in [5.41, 5.74) is 4.62. The number of piperazine rings is 1. The van der Waals surface area contributed by atoms with Crippen LogP contribution in [0.2, 0.25) is 0 Å². The number of ether oxygens (including phenoxy) is 1. The molecule has 1 aliphatic rings. The summed E-state index contributed by atoms with van der Waals surface area (Å²) in [5, 5.41) is 11.9. The van der Waals surface area contributed by atoms with Crippen LogP contribution in [0.5, 0.6) is 5.75 Å². The molecule has 184 valence electrons. The van der Waals surface area contributed by atoms with E-state index in [0.29, 0.717) is 44.0 Å². The van der Waals surface area contributed by atoms with Crippen molar-refractivity contribution in [2.45, 2.75) is 13.3 Å². The highest BCUT2D eigenvalue weighted by atomic mass is 16.5. The molecule has 4 rings (SSSR count). The fourth-order valence-corrected chi connectivity index (χ4v) is 4.22. The van der Waals surface area contributed by atoms with E-state index < -0.39 is 0 Å². The molecule has 2 amide bonds. The molecule has 0 unspecified atom stereocenters. The Morgan fingerprint density at radius 1 is 0.917 bits per heavy atom. The molecular weight excluding hydrogens is 452 g/mol. The van der Waals surface area contributed by atoms with Gasteiger partial charge in [0.2, 0.25) is 5.91 Å². The lowest BCUT2D eigenvalue weighted by Gasteiger charge is -2.34. The Hall–Kier alpha value is -4.15. The molecule has 1 fully saturated rings. The van der Waals surface area contributed by atoms with Crippen molar-refractivity contribution < 1.29 is 14.3 Å². The molecule has 0 spiro atoms. The number of hydrogen-bond acceptors (Lipinski definition) is 5. The first kappa shape index (κ1) is 25.0. The van der Waals surface area contributed by atoms with Crippen LogP contribution in [0.25, 0.3) is 11.1 Å². The third kappa shape index (κ3) is 6.49. The zero-order valence-electron chi connectivity index (χ0n) is 20.4. The summed E-state index contributed by atoms with van der Waals surface area (Å²) in [5.74, 6) is 0.527. The van der Waals surface area contributed by atoms with Crippen LogP contribution in [0.15, 0.2) is 72.8 Å². The lowest BCUT2D eigenvalue weighted by atomic mass is 10.0. The van der Waals surface area contributed by atoms with Crippen molar-refractivity contribution in [1.82, 2.24) is 9.80 Å². The molecule has 36 heavy (non-hydrogen) atoms. The van der Waals surface area contributed by atoms with Crippen molar-refractivity contribution in [1.29, 1.82) is 5.26 Å². The van der Waals surface area contributed by atoms with Crippen molar-refractivity contribution >= 4 is 17.5 Å². The number of nitrogens with zero attached hydrogens (tertiary/aromatic N) is 3. The molecular formula is C29H30N4O3. The monoisotopic (exact) mass is 482 g/mol. The van der Waals surface area contributed by atoms with Crippen molar-refractivity contribution in [3.8, 4) is 22.9 Å². The maximum Gasteiger partial charge on any atom is 0.260 e. The maximum absolute atomic E-state index is 12.6. The Bertz CT molecular complexity index is 1220. The maximum atomic E-state index is 12.6. The fourth-order valence-electron chi connectivity index (χ4n) is 4.22. The molecule has 1 aliphatic heterocycles. The van der Waals surface area contributed by atoms with E-state index in [0.717, 1.165) is 28.8 Å². The second kappa shape index (κ2) is 12.0. The van der Waals surface area contributed by atoms with Gasteiger partial charge in [-0.3, -0.25) is 14.5 Å². The third-order valence-electron chi connectivity index (χ3n) is 6.33. The zero-order valence-corrected chi connectivity index (χ0v) is 20.4. The number of nitriles is 1. The number of amides is 2. The minimum absolute atomic E-state index is 0.0233. The molecule has 1 N–H and O–H groups in total. The van der Waals surface area contributed by atoms with Crippen molar-refractivity contribution in [2.24, 2.45) is 0 Å². The molecule has 0 radical (unpaired) electrons. The summed E-state index contributed by atoms with van der Waals surface area (Å²) < 4.78 is 5.72.